The average molecular weight is 327 g/mol. The Balaban J connectivity index is 2.93. The van der Waals surface area contributed by atoms with Crippen LogP contribution in [0.1, 0.15) is 0 Å². The number of halogens is 2. The Morgan fingerprint density at radius 2 is 2.14 bits per heavy atom. The van der Waals surface area contributed by atoms with Crippen LogP contribution in [0, 0.1) is 10.1 Å². The summed E-state index contributed by atoms with van der Waals surface area (Å²) in [5.74, 6) is 5.28. The molecule has 0 spiro atoms. The van der Waals surface area contributed by atoms with Gasteiger partial charge in [0.05, 0.1) is 5.69 Å². The standard InChI is InChI=1S/C6H5Br2N3O3/c7-4-1-2-5(8)6(3-4)10(9)14-11(12)13/h1-3H,9H2. The molecule has 0 saturated carbocycles. The number of hydrazine groups is 1. The van der Waals surface area contributed by atoms with Crippen LogP contribution < -0.4 is 11.0 Å². The van der Waals surface area contributed by atoms with Crippen LogP contribution in [0.4, 0.5) is 5.69 Å². The highest BCUT2D eigenvalue weighted by atomic mass is 79.9. The number of hydrogen-bond acceptors (Lipinski definition) is 5. The van der Waals surface area contributed by atoms with Crippen LogP contribution >= 0.6 is 31.9 Å². The normalized spacial score (nSPS) is 9.64. The van der Waals surface area contributed by atoms with Crippen LogP contribution in [0.2, 0.25) is 0 Å². The predicted molar refractivity (Wildman–Crippen MR) is 56.6 cm³/mol. The highest BCUT2D eigenvalue weighted by Crippen LogP contribution is 2.28. The van der Waals surface area contributed by atoms with E-state index >= 15 is 0 Å². The molecule has 0 bridgehead atoms. The van der Waals surface area contributed by atoms with Gasteiger partial charge in [0.25, 0.3) is 0 Å². The molecule has 2 N–H and O–H groups in total. The molecule has 0 aromatic heterocycles. The Morgan fingerprint density at radius 3 is 2.71 bits per heavy atom. The van der Waals surface area contributed by atoms with Crippen molar-refractivity contribution in [2.45, 2.75) is 0 Å². The summed E-state index contributed by atoms with van der Waals surface area (Å²) >= 11 is 6.38. The summed E-state index contributed by atoms with van der Waals surface area (Å²) in [6, 6.07) is 5.02. The van der Waals surface area contributed by atoms with E-state index in [0.717, 1.165) is 4.47 Å². The molecule has 14 heavy (non-hydrogen) atoms. The quantitative estimate of drug-likeness (QED) is 0.522. The lowest BCUT2D eigenvalue weighted by atomic mass is 10.3. The molecule has 76 valence electrons. The Hall–Kier alpha value is -0.860. The van der Waals surface area contributed by atoms with E-state index in [2.05, 4.69) is 36.8 Å². The van der Waals surface area contributed by atoms with Crippen LogP contribution in [0.25, 0.3) is 0 Å². The molecule has 0 aliphatic heterocycles. The van der Waals surface area contributed by atoms with Crippen molar-refractivity contribution in [3.63, 3.8) is 0 Å². The maximum Gasteiger partial charge on any atom is 0.318 e. The van der Waals surface area contributed by atoms with E-state index in [1.165, 1.54) is 0 Å². The first-order valence-electron chi connectivity index (χ1n) is 3.33. The minimum atomic E-state index is -0.993. The van der Waals surface area contributed by atoms with Crippen molar-refractivity contribution in [2.24, 2.45) is 5.84 Å². The van der Waals surface area contributed by atoms with Gasteiger partial charge >= 0.3 is 5.09 Å². The predicted octanol–water partition coefficient (Wildman–Crippen LogP) is 2.02. The van der Waals surface area contributed by atoms with Gasteiger partial charge in [0.15, 0.2) is 0 Å². The molecule has 0 amide bonds. The van der Waals surface area contributed by atoms with Gasteiger partial charge in [-0.25, -0.2) is 5.84 Å². The lowest BCUT2D eigenvalue weighted by Gasteiger charge is -2.15. The fraction of sp³-hybridized carbons (Fsp3) is 0. The van der Waals surface area contributed by atoms with Crippen LogP contribution in [-0.4, -0.2) is 5.09 Å². The van der Waals surface area contributed by atoms with Crippen LogP contribution in [-0.2, 0) is 4.94 Å². The highest BCUT2D eigenvalue weighted by Gasteiger charge is 2.10. The zero-order chi connectivity index (χ0) is 10.7. The summed E-state index contributed by atoms with van der Waals surface area (Å²) in [6.45, 7) is 0. The molecule has 1 aromatic carbocycles. The van der Waals surface area contributed by atoms with Crippen LogP contribution in [0.5, 0.6) is 0 Å². The largest absolute Gasteiger partial charge is 0.318 e. The second-order valence-corrected chi connectivity index (χ2v) is 4.00. The SMILES string of the molecule is NN(O[N+](=O)[O-])c1cc(Br)ccc1Br. The van der Waals surface area contributed by atoms with E-state index in [1.54, 1.807) is 18.2 Å². The van der Waals surface area contributed by atoms with Gasteiger partial charge < -0.3 is 0 Å². The van der Waals surface area contributed by atoms with Crippen molar-refractivity contribution >= 4 is 37.5 Å². The average Bonchev–Trinajstić information content (AvgIpc) is 2.08. The molecular weight excluding hydrogens is 322 g/mol. The molecule has 0 aliphatic carbocycles. The Labute approximate surface area is 95.9 Å². The molecule has 6 nitrogen and oxygen atoms in total. The minimum absolute atomic E-state index is 0.344. The number of nitrogens with two attached hydrogens (primary N) is 1. The number of nitrogens with zero attached hydrogens (tertiary/aromatic N) is 2. The number of hydrogen-bond donors (Lipinski definition) is 1. The Kier molecular flexibility index (Phi) is 3.67. The summed E-state index contributed by atoms with van der Waals surface area (Å²) in [4.78, 5) is 14.1. The van der Waals surface area contributed by atoms with Gasteiger partial charge in [-0.1, -0.05) is 15.9 Å². The van der Waals surface area contributed by atoms with Crippen molar-refractivity contribution in [2.75, 3.05) is 5.17 Å². The molecule has 0 radical (unpaired) electrons. The summed E-state index contributed by atoms with van der Waals surface area (Å²) in [7, 11) is 0. The minimum Gasteiger partial charge on any atom is -0.223 e. The van der Waals surface area contributed by atoms with E-state index in [0.29, 0.717) is 15.3 Å². The molecule has 0 fully saturated rings. The summed E-state index contributed by atoms with van der Waals surface area (Å²) in [5.41, 5.74) is 0.344. The lowest BCUT2D eigenvalue weighted by molar-refractivity contribution is -0.762. The third-order valence-corrected chi connectivity index (χ3v) is 2.46. The molecule has 0 heterocycles. The number of benzene rings is 1. The van der Waals surface area contributed by atoms with Gasteiger partial charge in [-0.2, -0.15) is 4.94 Å². The molecule has 8 heteroatoms. The molecule has 0 atom stereocenters. The molecule has 0 aliphatic rings. The van der Waals surface area contributed by atoms with E-state index in [-0.39, 0.29) is 0 Å². The van der Waals surface area contributed by atoms with Gasteiger partial charge in [-0.05, 0) is 34.1 Å². The van der Waals surface area contributed by atoms with Crippen molar-refractivity contribution in [1.82, 2.24) is 0 Å². The van der Waals surface area contributed by atoms with Crippen molar-refractivity contribution < 1.29 is 10.0 Å². The molecular formula is C6H5Br2N3O3. The first-order valence-corrected chi connectivity index (χ1v) is 4.91. The molecule has 1 aromatic rings. The van der Waals surface area contributed by atoms with Gasteiger partial charge in [-0.15, -0.1) is 15.3 Å². The third-order valence-electron chi connectivity index (χ3n) is 1.30. The first-order chi connectivity index (χ1) is 6.50. The number of anilines is 1. The van der Waals surface area contributed by atoms with E-state index < -0.39 is 5.09 Å². The third kappa shape index (κ3) is 2.82. The first kappa shape index (κ1) is 11.2. The van der Waals surface area contributed by atoms with Crippen LogP contribution in [0.15, 0.2) is 27.1 Å². The molecule has 0 saturated heterocycles. The van der Waals surface area contributed by atoms with Gasteiger partial charge in [0.1, 0.15) is 0 Å². The Bertz CT molecular complexity index is 360. The smallest absolute Gasteiger partial charge is 0.223 e. The number of rotatable bonds is 3. The zero-order valence-electron chi connectivity index (χ0n) is 6.68. The second-order valence-electron chi connectivity index (χ2n) is 2.23. The van der Waals surface area contributed by atoms with E-state index in [1.807, 2.05) is 0 Å². The topological polar surface area (TPSA) is 81.6 Å². The second kappa shape index (κ2) is 4.58. The van der Waals surface area contributed by atoms with Gasteiger partial charge in [0.2, 0.25) is 0 Å². The van der Waals surface area contributed by atoms with E-state index in [4.69, 9.17) is 5.84 Å². The molecule has 1 rings (SSSR count). The van der Waals surface area contributed by atoms with Crippen LogP contribution in [0.3, 0.4) is 0 Å². The monoisotopic (exact) mass is 325 g/mol. The highest BCUT2D eigenvalue weighted by molar-refractivity contribution is 9.11. The maximum absolute atomic E-state index is 10.0. The van der Waals surface area contributed by atoms with Crippen molar-refractivity contribution in [3.05, 3.63) is 37.3 Å². The zero-order valence-corrected chi connectivity index (χ0v) is 9.86. The lowest BCUT2D eigenvalue weighted by Crippen LogP contribution is -2.33. The molecule has 0 unspecified atom stereocenters. The summed E-state index contributed by atoms with van der Waals surface area (Å²) in [5, 5.41) is 9.59. The van der Waals surface area contributed by atoms with Crippen molar-refractivity contribution in [3.8, 4) is 0 Å². The van der Waals surface area contributed by atoms with Gasteiger partial charge in [0, 0.05) is 8.95 Å². The summed E-state index contributed by atoms with van der Waals surface area (Å²) in [6.07, 6.45) is 0. The fourth-order valence-corrected chi connectivity index (χ4v) is 1.54. The Morgan fingerprint density at radius 1 is 1.50 bits per heavy atom. The van der Waals surface area contributed by atoms with E-state index in [9.17, 15) is 10.1 Å². The maximum atomic E-state index is 10.0. The fourth-order valence-electron chi connectivity index (χ4n) is 0.771. The van der Waals surface area contributed by atoms with Crippen molar-refractivity contribution in [1.29, 1.82) is 0 Å². The van der Waals surface area contributed by atoms with Gasteiger partial charge in [-0.3, -0.25) is 0 Å². The summed E-state index contributed by atoms with van der Waals surface area (Å²) < 4.78 is 1.32.